The van der Waals surface area contributed by atoms with Crippen LogP contribution in [-0.2, 0) is 4.79 Å². The SMILES string of the molecule is C/C=C\C(N)=O. The lowest BCUT2D eigenvalue weighted by atomic mass is 10.5. The molecular formula is C4H7NO. The zero-order valence-electron chi connectivity index (χ0n) is 3.64. The maximum absolute atomic E-state index is 9.73. The van der Waals surface area contributed by atoms with Gasteiger partial charge in [-0.3, -0.25) is 4.79 Å². The Balaban J connectivity index is 3.30. The number of nitrogens with two attached hydrogens (primary N) is 1. The van der Waals surface area contributed by atoms with Gasteiger partial charge in [0.25, 0.3) is 0 Å². The highest BCUT2D eigenvalue weighted by Crippen LogP contribution is 1.62. The molecule has 2 nitrogen and oxygen atoms in total. The van der Waals surface area contributed by atoms with Gasteiger partial charge >= 0.3 is 0 Å². The van der Waals surface area contributed by atoms with E-state index in [-0.39, 0.29) is 0 Å². The van der Waals surface area contributed by atoms with Crippen LogP contribution < -0.4 is 5.73 Å². The molecule has 2 heteroatoms. The van der Waals surface area contributed by atoms with Gasteiger partial charge < -0.3 is 5.73 Å². The summed E-state index contributed by atoms with van der Waals surface area (Å²) >= 11 is 0. The first-order valence-electron chi connectivity index (χ1n) is 1.69. The molecule has 0 radical (unpaired) electrons. The molecular weight excluding hydrogens is 78.0 g/mol. The van der Waals surface area contributed by atoms with Crippen molar-refractivity contribution < 1.29 is 4.79 Å². The third kappa shape index (κ3) is 3.21. The van der Waals surface area contributed by atoms with Gasteiger partial charge in [-0.05, 0) is 13.0 Å². The Morgan fingerprint density at radius 3 is 2.33 bits per heavy atom. The lowest BCUT2D eigenvalue weighted by Gasteiger charge is -1.70. The maximum Gasteiger partial charge on any atom is 0.241 e. The van der Waals surface area contributed by atoms with Gasteiger partial charge in [-0.15, -0.1) is 0 Å². The quantitative estimate of drug-likeness (QED) is 0.449. The second-order valence-electron chi connectivity index (χ2n) is 0.902. The molecule has 0 heterocycles. The van der Waals surface area contributed by atoms with Crippen LogP contribution in [0.2, 0.25) is 0 Å². The Labute approximate surface area is 36.6 Å². The molecule has 6 heavy (non-hydrogen) atoms. The summed E-state index contributed by atoms with van der Waals surface area (Å²) in [6.07, 6.45) is 2.91. The van der Waals surface area contributed by atoms with E-state index in [9.17, 15) is 4.79 Å². The molecule has 0 saturated carbocycles. The van der Waals surface area contributed by atoms with Crippen LogP contribution in [0.4, 0.5) is 0 Å². The second kappa shape index (κ2) is 2.45. The molecule has 2 N–H and O–H groups in total. The molecule has 0 fully saturated rings. The largest absolute Gasteiger partial charge is 0.366 e. The number of amides is 1. The van der Waals surface area contributed by atoms with Crippen molar-refractivity contribution in [2.75, 3.05) is 0 Å². The van der Waals surface area contributed by atoms with E-state index in [0.717, 1.165) is 0 Å². The molecule has 0 aliphatic heterocycles. The van der Waals surface area contributed by atoms with Gasteiger partial charge in [-0.2, -0.15) is 0 Å². The van der Waals surface area contributed by atoms with Crippen LogP contribution in [0.25, 0.3) is 0 Å². The number of carbonyl (C=O) groups excluding carboxylic acids is 1. The summed E-state index contributed by atoms with van der Waals surface area (Å²) in [6, 6.07) is 0. The molecule has 0 rings (SSSR count). The highest BCUT2D eigenvalue weighted by Gasteiger charge is 1.73. The summed E-state index contributed by atoms with van der Waals surface area (Å²) in [6.45, 7) is 1.74. The van der Waals surface area contributed by atoms with E-state index in [1.807, 2.05) is 0 Å². The lowest BCUT2D eigenvalue weighted by Crippen LogP contribution is -2.04. The summed E-state index contributed by atoms with van der Waals surface area (Å²) in [5.74, 6) is -0.391. The van der Waals surface area contributed by atoms with Crippen LogP contribution in [0.5, 0.6) is 0 Å². The molecule has 0 aromatic rings. The molecule has 34 valence electrons. The third-order valence-corrected chi connectivity index (χ3v) is 0.331. The third-order valence-electron chi connectivity index (χ3n) is 0.331. The van der Waals surface area contributed by atoms with Crippen molar-refractivity contribution in [1.29, 1.82) is 0 Å². The first kappa shape index (κ1) is 5.21. The number of rotatable bonds is 1. The molecule has 0 saturated heterocycles. The fraction of sp³-hybridized carbons (Fsp3) is 0.250. The molecule has 0 aliphatic rings. The average molecular weight is 85.1 g/mol. The number of hydrogen-bond donors (Lipinski definition) is 1. The van der Waals surface area contributed by atoms with E-state index in [1.54, 1.807) is 13.0 Å². The van der Waals surface area contributed by atoms with Crippen molar-refractivity contribution >= 4 is 5.91 Å². The number of hydrogen-bond acceptors (Lipinski definition) is 1. The van der Waals surface area contributed by atoms with E-state index in [4.69, 9.17) is 0 Å². The molecule has 0 atom stereocenters. The minimum atomic E-state index is -0.391. The van der Waals surface area contributed by atoms with Crippen LogP contribution in [0, 0.1) is 0 Å². The van der Waals surface area contributed by atoms with Crippen LogP contribution in [0.3, 0.4) is 0 Å². The fourth-order valence-electron chi connectivity index (χ4n) is 0.164. The minimum Gasteiger partial charge on any atom is -0.366 e. The highest BCUT2D eigenvalue weighted by atomic mass is 16.1. The normalized spacial score (nSPS) is 9.50. The molecule has 0 unspecified atom stereocenters. The Bertz CT molecular complexity index is 75.6. The summed E-state index contributed by atoms with van der Waals surface area (Å²) < 4.78 is 0. The number of allylic oxidation sites excluding steroid dienone is 1. The Kier molecular flexibility index (Phi) is 2.13. The molecule has 0 aromatic carbocycles. The van der Waals surface area contributed by atoms with Crippen LogP contribution in [0.15, 0.2) is 12.2 Å². The lowest BCUT2D eigenvalue weighted by molar-refractivity contribution is -0.113. The van der Waals surface area contributed by atoms with Gasteiger partial charge in [0.15, 0.2) is 0 Å². The van der Waals surface area contributed by atoms with E-state index in [2.05, 4.69) is 5.73 Å². The number of carbonyl (C=O) groups is 1. The average Bonchev–Trinajstić information content (AvgIpc) is 1.35. The second-order valence-corrected chi connectivity index (χ2v) is 0.902. The zero-order chi connectivity index (χ0) is 4.99. The predicted molar refractivity (Wildman–Crippen MR) is 24.0 cm³/mol. The van der Waals surface area contributed by atoms with E-state index >= 15 is 0 Å². The van der Waals surface area contributed by atoms with Crippen molar-refractivity contribution in [1.82, 2.24) is 0 Å². The van der Waals surface area contributed by atoms with Gasteiger partial charge in [0.05, 0.1) is 0 Å². The van der Waals surface area contributed by atoms with E-state index < -0.39 is 5.91 Å². The Hall–Kier alpha value is -0.790. The van der Waals surface area contributed by atoms with Crippen molar-refractivity contribution in [3.63, 3.8) is 0 Å². The van der Waals surface area contributed by atoms with Gasteiger partial charge in [0, 0.05) is 0 Å². The Morgan fingerprint density at radius 1 is 1.83 bits per heavy atom. The standard InChI is InChI=1S/C4H7NO/c1-2-3-4(5)6/h2-3H,1H3,(H2,5,6)/b3-2-. The summed E-state index contributed by atoms with van der Waals surface area (Å²) in [5.41, 5.74) is 4.68. The van der Waals surface area contributed by atoms with Crippen molar-refractivity contribution in [3.05, 3.63) is 12.2 Å². The molecule has 0 aliphatic carbocycles. The van der Waals surface area contributed by atoms with E-state index in [1.165, 1.54) is 6.08 Å². The first-order valence-corrected chi connectivity index (χ1v) is 1.69. The van der Waals surface area contributed by atoms with Crippen LogP contribution in [-0.4, -0.2) is 5.91 Å². The summed E-state index contributed by atoms with van der Waals surface area (Å²) in [5, 5.41) is 0. The maximum atomic E-state index is 9.73. The van der Waals surface area contributed by atoms with Gasteiger partial charge in [-0.25, -0.2) is 0 Å². The Morgan fingerprint density at radius 2 is 2.33 bits per heavy atom. The van der Waals surface area contributed by atoms with Gasteiger partial charge in [-0.1, -0.05) is 6.08 Å². The van der Waals surface area contributed by atoms with Gasteiger partial charge in [0.1, 0.15) is 0 Å². The topological polar surface area (TPSA) is 43.1 Å². The fourth-order valence-corrected chi connectivity index (χ4v) is 0.164. The van der Waals surface area contributed by atoms with Crippen LogP contribution >= 0.6 is 0 Å². The summed E-state index contributed by atoms with van der Waals surface area (Å²) in [4.78, 5) is 9.73. The minimum absolute atomic E-state index is 0.391. The smallest absolute Gasteiger partial charge is 0.241 e. The first-order chi connectivity index (χ1) is 2.77. The molecule has 0 aromatic heterocycles. The molecule has 0 bridgehead atoms. The predicted octanol–water partition coefficient (Wildman–Crippen LogP) is 0.0478. The van der Waals surface area contributed by atoms with Crippen molar-refractivity contribution in [2.45, 2.75) is 6.92 Å². The van der Waals surface area contributed by atoms with Crippen LogP contribution in [0.1, 0.15) is 6.92 Å². The van der Waals surface area contributed by atoms with E-state index in [0.29, 0.717) is 0 Å². The highest BCUT2D eigenvalue weighted by molar-refractivity contribution is 5.85. The number of primary amides is 1. The molecule has 1 amide bonds. The van der Waals surface area contributed by atoms with Crippen molar-refractivity contribution in [3.8, 4) is 0 Å². The monoisotopic (exact) mass is 85.1 g/mol. The summed E-state index contributed by atoms with van der Waals surface area (Å²) in [7, 11) is 0. The van der Waals surface area contributed by atoms with Crippen molar-refractivity contribution in [2.24, 2.45) is 5.73 Å². The molecule has 0 spiro atoms. The van der Waals surface area contributed by atoms with Gasteiger partial charge in [0.2, 0.25) is 5.91 Å². The zero-order valence-corrected chi connectivity index (χ0v) is 3.64.